The first-order valence-corrected chi connectivity index (χ1v) is 4.14. The predicted molar refractivity (Wildman–Crippen MR) is 48.9 cm³/mol. The maximum atomic E-state index is 8.70. The largest absolute Gasteiger partial charge is 0.257 e. The Hall–Kier alpha value is -1.93. The number of hydrogen-bond donors (Lipinski definition) is 0. The molecule has 0 radical (unpaired) electrons. The van der Waals surface area contributed by atoms with Crippen LogP contribution in [0, 0.1) is 11.3 Å². The highest BCUT2D eigenvalue weighted by molar-refractivity contribution is 6.32. The average molecular weight is 206 g/mol. The third-order valence-corrected chi connectivity index (χ3v) is 1.97. The van der Waals surface area contributed by atoms with E-state index in [4.69, 9.17) is 16.9 Å². The van der Waals surface area contributed by atoms with Gasteiger partial charge in [0.1, 0.15) is 6.07 Å². The highest BCUT2D eigenvalue weighted by atomic mass is 35.5. The van der Waals surface area contributed by atoms with E-state index in [9.17, 15) is 0 Å². The van der Waals surface area contributed by atoms with Gasteiger partial charge < -0.3 is 0 Å². The second kappa shape index (κ2) is 3.44. The van der Waals surface area contributed by atoms with Crippen LogP contribution in [0.2, 0.25) is 5.02 Å². The lowest BCUT2D eigenvalue weighted by Crippen LogP contribution is -2.00. The van der Waals surface area contributed by atoms with E-state index in [0.717, 1.165) is 0 Å². The molecule has 5 nitrogen and oxygen atoms in total. The van der Waals surface area contributed by atoms with Crippen LogP contribution >= 0.6 is 11.6 Å². The summed E-state index contributed by atoms with van der Waals surface area (Å²) in [6.45, 7) is 0. The molecule has 0 aliphatic rings. The number of tetrazole rings is 1. The summed E-state index contributed by atoms with van der Waals surface area (Å²) < 4.78 is 1.29. The van der Waals surface area contributed by atoms with E-state index in [1.54, 1.807) is 24.3 Å². The Labute approximate surface area is 84.5 Å². The highest BCUT2D eigenvalue weighted by Crippen LogP contribution is 2.18. The standard InChI is InChI=1S/C8H4ClN5/c9-6-3-1-2-4-7(6)14-8(5-10)11-12-13-14/h1-4H. The molecule has 0 spiro atoms. The average Bonchev–Trinajstić information content (AvgIpc) is 2.66. The third-order valence-electron chi connectivity index (χ3n) is 1.65. The minimum Gasteiger partial charge on any atom is -0.189 e. The van der Waals surface area contributed by atoms with Gasteiger partial charge in [0.15, 0.2) is 0 Å². The van der Waals surface area contributed by atoms with Gasteiger partial charge in [-0.25, -0.2) is 0 Å². The van der Waals surface area contributed by atoms with Gasteiger partial charge in [-0.3, -0.25) is 0 Å². The first-order valence-electron chi connectivity index (χ1n) is 3.76. The zero-order chi connectivity index (χ0) is 9.97. The van der Waals surface area contributed by atoms with E-state index in [0.29, 0.717) is 10.7 Å². The maximum Gasteiger partial charge on any atom is 0.257 e. The molecular formula is C8H4ClN5. The first kappa shape index (κ1) is 8.66. The van der Waals surface area contributed by atoms with E-state index >= 15 is 0 Å². The van der Waals surface area contributed by atoms with Gasteiger partial charge in [-0.05, 0) is 22.6 Å². The maximum absolute atomic E-state index is 8.70. The Morgan fingerprint density at radius 2 is 2.14 bits per heavy atom. The fraction of sp³-hybridized carbons (Fsp3) is 0. The minimum absolute atomic E-state index is 0.109. The molecule has 1 heterocycles. The van der Waals surface area contributed by atoms with Gasteiger partial charge in [-0.2, -0.15) is 9.94 Å². The lowest BCUT2D eigenvalue weighted by atomic mass is 10.3. The fourth-order valence-electron chi connectivity index (χ4n) is 1.04. The van der Waals surface area contributed by atoms with Crippen molar-refractivity contribution in [1.29, 1.82) is 5.26 Å². The molecule has 0 saturated carbocycles. The van der Waals surface area contributed by atoms with Crippen LogP contribution in [0.5, 0.6) is 0 Å². The van der Waals surface area contributed by atoms with Crippen LogP contribution in [0.15, 0.2) is 24.3 Å². The van der Waals surface area contributed by atoms with Crippen molar-refractivity contribution in [3.63, 3.8) is 0 Å². The van der Waals surface area contributed by atoms with Crippen molar-refractivity contribution < 1.29 is 0 Å². The van der Waals surface area contributed by atoms with Crippen LogP contribution in [0.25, 0.3) is 5.69 Å². The summed E-state index contributed by atoms with van der Waals surface area (Å²) in [7, 11) is 0. The summed E-state index contributed by atoms with van der Waals surface area (Å²) in [5.74, 6) is 0.109. The van der Waals surface area contributed by atoms with Gasteiger partial charge >= 0.3 is 0 Å². The van der Waals surface area contributed by atoms with Crippen molar-refractivity contribution in [3.05, 3.63) is 35.1 Å². The molecule has 1 aromatic heterocycles. The molecule has 2 rings (SSSR count). The molecule has 0 aliphatic carbocycles. The summed E-state index contributed by atoms with van der Waals surface area (Å²) in [5.41, 5.74) is 0.593. The Morgan fingerprint density at radius 1 is 1.36 bits per heavy atom. The molecule has 0 unspecified atom stereocenters. The number of nitrogens with zero attached hydrogens (tertiary/aromatic N) is 5. The molecule has 0 saturated heterocycles. The highest BCUT2D eigenvalue weighted by Gasteiger charge is 2.09. The molecule has 0 N–H and O–H groups in total. The molecule has 0 aliphatic heterocycles. The van der Waals surface area contributed by atoms with Gasteiger partial charge in [0, 0.05) is 0 Å². The summed E-state index contributed by atoms with van der Waals surface area (Å²) in [5, 5.41) is 19.8. The van der Waals surface area contributed by atoms with E-state index < -0.39 is 0 Å². The lowest BCUT2D eigenvalue weighted by molar-refractivity contribution is 0.785. The topological polar surface area (TPSA) is 67.4 Å². The normalized spacial score (nSPS) is 9.71. The predicted octanol–water partition coefficient (Wildman–Crippen LogP) is 1.19. The van der Waals surface area contributed by atoms with E-state index in [2.05, 4.69) is 15.5 Å². The van der Waals surface area contributed by atoms with Crippen molar-refractivity contribution in [2.75, 3.05) is 0 Å². The quantitative estimate of drug-likeness (QED) is 0.701. The molecule has 6 heteroatoms. The van der Waals surface area contributed by atoms with Crippen molar-refractivity contribution in [2.45, 2.75) is 0 Å². The Kier molecular flexibility index (Phi) is 2.13. The molecule has 0 fully saturated rings. The molecule has 0 bridgehead atoms. The second-order valence-electron chi connectivity index (χ2n) is 2.48. The first-order chi connectivity index (χ1) is 6.83. The van der Waals surface area contributed by atoms with Crippen molar-refractivity contribution in [1.82, 2.24) is 20.2 Å². The summed E-state index contributed by atoms with van der Waals surface area (Å²) >= 11 is 5.92. The van der Waals surface area contributed by atoms with Crippen molar-refractivity contribution in [3.8, 4) is 11.8 Å². The van der Waals surface area contributed by atoms with Crippen LogP contribution in [0.1, 0.15) is 5.82 Å². The van der Waals surface area contributed by atoms with Crippen LogP contribution in [-0.4, -0.2) is 20.2 Å². The van der Waals surface area contributed by atoms with E-state index in [1.165, 1.54) is 4.68 Å². The molecule has 2 aromatic rings. The number of halogens is 1. The van der Waals surface area contributed by atoms with E-state index in [1.807, 2.05) is 6.07 Å². The third kappa shape index (κ3) is 1.32. The molecule has 14 heavy (non-hydrogen) atoms. The number of rotatable bonds is 1. The zero-order valence-corrected chi connectivity index (χ0v) is 7.68. The second-order valence-corrected chi connectivity index (χ2v) is 2.88. The van der Waals surface area contributed by atoms with Crippen LogP contribution < -0.4 is 0 Å². The van der Waals surface area contributed by atoms with Crippen molar-refractivity contribution in [2.24, 2.45) is 0 Å². The van der Waals surface area contributed by atoms with Gasteiger partial charge in [-0.1, -0.05) is 28.8 Å². The number of para-hydroxylation sites is 1. The smallest absolute Gasteiger partial charge is 0.189 e. The van der Waals surface area contributed by atoms with Crippen molar-refractivity contribution >= 4 is 11.6 Å². The Morgan fingerprint density at radius 3 is 2.86 bits per heavy atom. The van der Waals surface area contributed by atoms with Gasteiger partial charge in [0.2, 0.25) is 0 Å². The molecular weight excluding hydrogens is 202 g/mol. The fourth-order valence-corrected chi connectivity index (χ4v) is 1.26. The molecule has 1 aromatic carbocycles. The van der Waals surface area contributed by atoms with Crippen LogP contribution in [0.3, 0.4) is 0 Å². The van der Waals surface area contributed by atoms with Gasteiger partial charge in [0.05, 0.1) is 10.7 Å². The van der Waals surface area contributed by atoms with Crippen LogP contribution in [0.4, 0.5) is 0 Å². The summed E-state index contributed by atoms with van der Waals surface area (Å²) in [6.07, 6.45) is 0. The van der Waals surface area contributed by atoms with E-state index in [-0.39, 0.29) is 5.82 Å². The summed E-state index contributed by atoms with van der Waals surface area (Å²) in [4.78, 5) is 0. The Bertz CT molecular complexity index is 498. The molecule has 0 amide bonds. The minimum atomic E-state index is 0.109. The SMILES string of the molecule is N#Cc1nnnn1-c1ccccc1Cl. The number of benzene rings is 1. The van der Waals surface area contributed by atoms with Gasteiger partial charge in [-0.15, -0.1) is 0 Å². The number of aromatic nitrogens is 4. The van der Waals surface area contributed by atoms with Crippen LogP contribution in [-0.2, 0) is 0 Å². The summed E-state index contributed by atoms with van der Waals surface area (Å²) in [6, 6.07) is 8.90. The number of nitriles is 1. The lowest BCUT2D eigenvalue weighted by Gasteiger charge is -2.01. The zero-order valence-electron chi connectivity index (χ0n) is 6.92. The molecule has 68 valence electrons. The van der Waals surface area contributed by atoms with Gasteiger partial charge in [0.25, 0.3) is 5.82 Å². The molecule has 0 atom stereocenters. The Balaban J connectivity index is 2.62. The monoisotopic (exact) mass is 205 g/mol. The number of hydrogen-bond acceptors (Lipinski definition) is 4.